The number of phenolic OH excluding ortho intramolecular Hbond substituents is 2. The van der Waals surface area contributed by atoms with Crippen LogP contribution in [0.2, 0.25) is 0 Å². The van der Waals surface area contributed by atoms with Gasteiger partial charge >= 0.3 is 0 Å². The zero-order valence-corrected chi connectivity index (χ0v) is 9.63. The summed E-state index contributed by atoms with van der Waals surface area (Å²) in [5.74, 6) is 6.13. The van der Waals surface area contributed by atoms with Crippen LogP contribution < -0.4 is 16.0 Å². The fourth-order valence-electron chi connectivity index (χ4n) is 1.48. The highest BCUT2D eigenvalue weighted by Gasteiger charge is 2.02. The SMILES string of the molecule is NNc1cc(OCc2ccc(O)cc2)ccc1O. The Labute approximate surface area is 104 Å². The van der Waals surface area contributed by atoms with Crippen LogP contribution in [0.5, 0.6) is 17.2 Å². The number of nitrogens with two attached hydrogens (primary N) is 1. The Hall–Kier alpha value is -2.40. The minimum atomic E-state index is 0.0643. The van der Waals surface area contributed by atoms with Crippen LogP contribution in [0, 0.1) is 0 Å². The molecule has 5 N–H and O–H groups in total. The largest absolute Gasteiger partial charge is 0.508 e. The van der Waals surface area contributed by atoms with Gasteiger partial charge in [-0.05, 0) is 29.8 Å². The highest BCUT2D eigenvalue weighted by atomic mass is 16.5. The van der Waals surface area contributed by atoms with Gasteiger partial charge in [0.2, 0.25) is 0 Å². The third-order valence-corrected chi connectivity index (χ3v) is 2.47. The van der Waals surface area contributed by atoms with Crippen molar-refractivity contribution < 1.29 is 14.9 Å². The van der Waals surface area contributed by atoms with Gasteiger partial charge in [-0.3, -0.25) is 5.84 Å². The average molecular weight is 246 g/mol. The third-order valence-electron chi connectivity index (χ3n) is 2.47. The zero-order valence-electron chi connectivity index (χ0n) is 9.63. The summed E-state index contributed by atoms with van der Waals surface area (Å²) in [6, 6.07) is 11.5. The fraction of sp³-hybridized carbons (Fsp3) is 0.0769. The topological polar surface area (TPSA) is 87.7 Å². The molecule has 94 valence electrons. The molecule has 18 heavy (non-hydrogen) atoms. The summed E-state index contributed by atoms with van der Waals surface area (Å²) in [5, 5.41) is 18.6. The van der Waals surface area contributed by atoms with E-state index in [1.54, 1.807) is 36.4 Å². The second-order valence-electron chi connectivity index (χ2n) is 3.78. The van der Waals surface area contributed by atoms with Crippen LogP contribution in [0.25, 0.3) is 0 Å². The zero-order chi connectivity index (χ0) is 13.0. The molecule has 0 saturated carbocycles. The minimum Gasteiger partial charge on any atom is -0.508 e. The van der Waals surface area contributed by atoms with Gasteiger partial charge in [0.15, 0.2) is 0 Å². The van der Waals surface area contributed by atoms with Gasteiger partial charge in [-0.2, -0.15) is 0 Å². The molecule has 0 aliphatic carbocycles. The van der Waals surface area contributed by atoms with Crippen LogP contribution in [0.3, 0.4) is 0 Å². The Bertz CT molecular complexity index is 526. The molecule has 0 bridgehead atoms. The molecule has 5 nitrogen and oxygen atoms in total. The molecule has 0 spiro atoms. The number of hydrazine groups is 1. The first-order valence-electron chi connectivity index (χ1n) is 5.39. The number of hydrogen-bond donors (Lipinski definition) is 4. The van der Waals surface area contributed by atoms with E-state index in [0.29, 0.717) is 18.0 Å². The van der Waals surface area contributed by atoms with Crippen LogP contribution in [0.1, 0.15) is 5.56 Å². The van der Waals surface area contributed by atoms with E-state index in [4.69, 9.17) is 15.7 Å². The first kappa shape index (κ1) is 12.1. The lowest BCUT2D eigenvalue weighted by Gasteiger charge is -2.09. The summed E-state index contributed by atoms with van der Waals surface area (Å²) < 4.78 is 5.54. The molecular weight excluding hydrogens is 232 g/mol. The molecule has 0 aliphatic rings. The van der Waals surface area contributed by atoms with E-state index in [1.165, 1.54) is 6.07 Å². The number of nitrogens with one attached hydrogen (secondary N) is 1. The molecule has 0 heterocycles. The number of nitrogen functional groups attached to an aromatic ring is 1. The molecule has 0 aromatic heterocycles. The molecule has 0 atom stereocenters. The van der Waals surface area contributed by atoms with E-state index in [2.05, 4.69) is 5.43 Å². The maximum Gasteiger partial charge on any atom is 0.140 e. The molecule has 0 aliphatic heterocycles. The second-order valence-corrected chi connectivity index (χ2v) is 3.78. The van der Waals surface area contributed by atoms with Crippen LogP contribution in [-0.2, 0) is 6.61 Å². The van der Waals surface area contributed by atoms with Crippen molar-refractivity contribution in [2.45, 2.75) is 6.61 Å². The van der Waals surface area contributed by atoms with Crippen molar-refractivity contribution in [3.8, 4) is 17.2 Å². The fourth-order valence-corrected chi connectivity index (χ4v) is 1.48. The number of ether oxygens (including phenoxy) is 1. The summed E-state index contributed by atoms with van der Waals surface area (Å²) in [6.45, 7) is 0.370. The molecule has 0 saturated heterocycles. The van der Waals surface area contributed by atoms with Crippen molar-refractivity contribution in [1.29, 1.82) is 0 Å². The van der Waals surface area contributed by atoms with Gasteiger partial charge in [-0.15, -0.1) is 0 Å². The quantitative estimate of drug-likeness (QED) is 0.376. The van der Waals surface area contributed by atoms with Gasteiger partial charge < -0.3 is 20.4 Å². The van der Waals surface area contributed by atoms with E-state index >= 15 is 0 Å². The molecule has 2 aromatic rings. The molecular formula is C13H14N2O3. The molecule has 0 unspecified atom stereocenters. The number of benzene rings is 2. The Kier molecular flexibility index (Phi) is 3.54. The van der Waals surface area contributed by atoms with Crippen molar-refractivity contribution in [2.24, 2.45) is 5.84 Å². The molecule has 2 rings (SSSR count). The smallest absolute Gasteiger partial charge is 0.140 e. The summed E-state index contributed by atoms with van der Waals surface area (Å²) in [6.07, 6.45) is 0. The van der Waals surface area contributed by atoms with Crippen molar-refractivity contribution in [1.82, 2.24) is 0 Å². The van der Waals surface area contributed by atoms with Crippen molar-refractivity contribution in [3.05, 3.63) is 48.0 Å². The lowest BCUT2D eigenvalue weighted by Crippen LogP contribution is -2.07. The van der Waals surface area contributed by atoms with E-state index in [0.717, 1.165) is 5.56 Å². The molecule has 0 radical (unpaired) electrons. The number of anilines is 1. The average Bonchev–Trinajstić information content (AvgIpc) is 2.39. The summed E-state index contributed by atoms with van der Waals surface area (Å²) in [7, 11) is 0. The lowest BCUT2D eigenvalue weighted by molar-refractivity contribution is 0.305. The maximum atomic E-state index is 9.42. The number of phenols is 2. The summed E-state index contributed by atoms with van der Waals surface area (Å²) in [5.41, 5.74) is 3.71. The Morgan fingerprint density at radius 2 is 1.78 bits per heavy atom. The monoisotopic (exact) mass is 246 g/mol. The number of hydrogen-bond acceptors (Lipinski definition) is 5. The molecule has 0 amide bonds. The summed E-state index contributed by atoms with van der Waals surface area (Å²) >= 11 is 0. The predicted molar refractivity (Wildman–Crippen MR) is 68.4 cm³/mol. The molecule has 5 heteroatoms. The number of rotatable bonds is 4. The van der Waals surface area contributed by atoms with Crippen LogP contribution in [0.15, 0.2) is 42.5 Å². The standard InChI is InChI=1S/C13H14N2O3/c14-15-12-7-11(5-6-13(12)17)18-8-9-1-3-10(16)4-2-9/h1-7,15-17H,8,14H2. The van der Waals surface area contributed by atoms with E-state index in [9.17, 15) is 5.11 Å². The first-order chi connectivity index (χ1) is 8.69. The highest BCUT2D eigenvalue weighted by Crippen LogP contribution is 2.27. The van der Waals surface area contributed by atoms with E-state index in [-0.39, 0.29) is 11.5 Å². The normalized spacial score (nSPS) is 10.1. The molecule has 2 aromatic carbocycles. The van der Waals surface area contributed by atoms with Gasteiger partial charge in [0.05, 0.1) is 5.69 Å². The summed E-state index contributed by atoms with van der Waals surface area (Å²) in [4.78, 5) is 0. The van der Waals surface area contributed by atoms with Crippen molar-refractivity contribution in [3.63, 3.8) is 0 Å². The Morgan fingerprint density at radius 1 is 1.06 bits per heavy atom. The van der Waals surface area contributed by atoms with Crippen LogP contribution >= 0.6 is 0 Å². The Morgan fingerprint density at radius 3 is 2.44 bits per heavy atom. The van der Waals surface area contributed by atoms with Crippen LogP contribution in [-0.4, -0.2) is 10.2 Å². The van der Waals surface area contributed by atoms with Crippen molar-refractivity contribution in [2.75, 3.05) is 5.43 Å². The van der Waals surface area contributed by atoms with Crippen LogP contribution in [0.4, 0.5) is 5.69 Å². The highest BCUT2D eigenvalue weighted by molar-refractivity contribution is 5.58. The predicted octanol–water partition coefficient (Wildman–Crippen LogP) is 1.96. The van der Waals surface area contributed by atoms with E-state index in [1.807, 2.05) is 0 Å². The van der Waals surface area contributed by atoms with Gasteiger partial charge in [-0.1, -0.05) is 12.1 Å². The van der Waals surface area contributed by atoms with Crippen molar-refractivity contribution >= 4 is 5.69 Å². The van der Waals surface area contributed by atoms with Gasteiger partial charge in [0.1, 0.15) is 23.9 Å². The van der Waals surface area contributed by atoms with E-state index < -0.39 is 0 Å². The minimum absolute atomic E-state index is 0.0643. The Balaban J connectivity index is 2.04. The van der Waals surface area contributed by atoms with Gasteiger partial charge in [-0.25, -0.2) is 0 Å². The number of aromatic hydroxyl groups is 2. The third kappa shape index (κ3) is 2.83. The first-order valence-corrected chi connectivity index (χ1v) is 5.39. The lowest BCUT2D eigenvalue weighted by atomic mass is 10.2. The van der Waals surface area contributed by atoms with Gasteiger partial charge in [0, 0.05) is 6.07 Å². The van der Waals surface area contributed by atoms with Gasteiger partial charge in [0.25, 0.3) is 0 Å². The second kappa shape index (κ2) is 5.29. The maximum absolute atomic E-state index is 9.42. The molecule has 0 fully saturated rings.